The van der Waals surface area contributed by atoms with Gasteiger partial charge in [0.15, 0.2) is 5.06 Å². The normalized spacial score (nSPS) is 12.6. The summed E-state index contributed by atoms with van der Waals surface area (Å²) >= 11 is 1.50. The van der Waals surface area contributed by atoms with Gasteiger partial charge in [0.1, 0.15) is 11.6 Å². The quantitative estimate of drug-likeness (QED) is 0.345. The maximum Gasteiger partial charge on any atom is 0.225 e. The number of thiophene rings is 1. The SMILES string of the molecule is C=C/C=C\C(=C/C)Oc1ccc(CNC(=O)C/C=N\C(=C/CC)NC)s1. The van der Waals surface area contributed by atoms with Gasteiger partial charge in [-0.2, -0.15) is 0 Å². The Balaban J connectivity index is 2.46. The molecule has 0 saturated carbocycles. The van der Waals surface area contributed by atoms with Crippen molar-refractivity contribution in [2.75, 3.05) is 7.05 Å². The fourth-order valence-electron chi connectivity index (χ4n) is 1.87. The first kappa shape index (κ1) is 21.4. The number of carbonyl (C=O) groups is 1. The second-order valence-electron chi connectivity index (χ2n) is 5.15. The summed E-state index contributed by atoms with van der Waals surface area (Å²) in [5.74, 6) is 1.45. The standard InChI is InChI=1S/C20H27N3O2S/c1-5-8-10-16(7-3)25-20-12-11-17(26-20)15-23-19(24)13-14-22-18(21-4)9-6-2/h5,7-12,14,21H,1,6,13,15H2,2-4H3,(H,23,24)/b10-8-,16-7+,18-9-,22-14-. The summed E-state index contributed by atoms with van der Waals surface area (Å²) in [4.78, 5) is 17.1. The van der Waals surface area contributed by atoms with Crippen LogP contribution in [0.5, 0.6) is 5.06 Å². The zero-order valence-corrected chi connectivity index (χ0v) is 16.4. The minimum Gasteiger partial charge on any atom is -0.447 e. The number of hydrogen-bond acceptors (Lipinski definition) is 5. The van der Waals surface area contributed by atoms with Crippen LogP contribution >= 0.6 is 11.3 Å². The molecule has 0 aliphatic rings. The number of allylic oxidation sites excluding steroid dienone is 5. The highest BCUT2D eigenvalue weighted by Gasteiger charge is 2.05. The molecule has 0 unspecified atom stereocenters. The average Bonchev–Trinajstić information content (AvgIpc) is 3.10. The van der Waals surface area contributed by atoms with E-state index in [2.05, 4.69) is 22.2 Å². The van der Waals surface area contributed by atoms with Gasteiger partial charge >= 0.3 is 0 Å². The van der Waals surface area contributed by atoms with Gasteiger partial charge in [-0.05, 0) is 43.7 Å². The lowest BCUT2D eigenvalue weighted by Crippen LogP contribution is -2.22. The second kappa shape index (κ2) is 12.7. The molecule has 1 rings (SSSR count). The summed E-state index contributed by atoms with van der Waals surface area (Å²) in [5.41, 5.74) is 0. The van der Waals surface area contributed by atoms with E-state index in [9.17, 15) is 4.79 Å². The van der Waals surface area contributed by atoms with Crippen LogP contribution in [0.3, 0.4) is 0 Å². The lowest BCUT2D eigenvalue weighted by molar-refractivity contribution is -0.120. The number of aliphatic imine (C=N–C) groups is 1. The van der Waals surface area contributed by atoms with Crippen molar-refractivity contribution in [3.63, 3.8) is 0 Å². The second-order valence-corrected chi connectivity index (χ2v) is 6.28. The van der Waals surface area contributed by atoms with E-state index in [0.29, 0.717) is 6.54 Å². The summed E-state index contributed by atoms with van der Waals surface area (Å²) in [5, 5.41) is 6.63. The minimum atomic E-state index is -0.0698. The third kappa shape index (κ3) is 8.48. The first-order valence-corrected chi connectivity index (χ1v) is 9.33. The molecule has 1 aromatic heterocycles. The maximum absolute atomic E-state index is 11.9. The van der Waals surface area contributed by atoms with E-state index in [1.807, 2.05) is 57.3 Å². The third-order valence-electron chi connectivity index (χ3n) is 3.16. The molecule has 0 spiro atoms. The van der Waals surface area contributed by atoms with E-state index >= 15 is 0 Å². The number of hydrogen-bond donors (Lipinski definition) is 2. The number of carbonyl (C=O) groups excluding carboxylic acids is 1. The number of ether oxygens (including phenoxy) is 1. The largest absolute Gasteiger partial charge is 0.447 e. The molecule has 0 aromatic carbocycles. The molecule has 1 amide bonds. The van der Waals surface area contributed by atoms with Gasteiger partial charge in [0.25, 0.3) is 0 Å². The Hall–Kier alpha value is -2.60. The van der Waals surface area contributed by atoms with Gasteiger partial charge in [-0.15, -0.1) is 11.3 Å². The van der Waals surface area contributed by atoms with Crippen LogP contribution in [0, 0.1) is 0 Å². The highest BCUT2D eigenvalue weighted by molar-refractivity contribution is 7.13. The number of amides is 1. The average molecular weight is 374 g/mol. The van der Waals surface area contributed by atoms with Crippen molar-refractivity contribution in [1.29, 1.82) is 0 Å². The molecule has 6 heteroatoms. The molecule has 0 radical (unpaired) electrons. The number of nitrogens with zero attached hydrogens (tertiary/aromatic N) is 1. The smallest absolute Gasteiger partial charge is 0.225 e. The van der Waals surface area contributed by atoms with Crippen LogP contribution in [0.2, 0.25) is 0 Å². The monoisotopic (exact) mass is 373 g/mol. The van der Waals surface area contributed by atoms with Crippen LogP contribution in [0.1, 0.15) is 31.6 Å². The molecule has 0 aliphatic heterocycles. The molecule has 1 aromatic rings. The number of rotatable bonds is 11. The van der Waals surface area contributed by atoms with Crippen molar-refractivity contribution in [2.24, 2.45) is 4.99 Å². The van der Waals surface area contributed by atoms with Gasteiger partial charge in [-0.3, -0.25) is 4.79 Å². The first-order chi connectivity index (χ1) is 12.6. The molecule has 140 valence electrons. The predicted molar refractivity (Wildman–Crippen MR) is 110 cm³/mol. The Morgan fingerprint density at radius 2 is 2.23 bits per heavy atom. The van der Waals surface area contributed by atoms with Gasteiger partial charge in [0.2, 0.25) is 5.91 Å². The van der Waals surface area contributed by atoms with Crippen molar-refractivity contribution >= 4 is 23.5 Å². The molecule has 0 atom stereocenters. The molecule has 2 N–H and O–H groups in total. The van der Waals surface area contributed by atoms with Crippen molar-refractivity contribution in [3.8, 4) is 5.06 Å². The Morgan fingerprint density at radius 1 is 1.42 bits per heavy atom. The van der Waals surface area contributed by atoms with E-state index in [0.717, 1.165) is 27.9 Å². The minimum absolute atomic E-state index is 0.0698. The summed E-state index contributed by atoms with van der Waals surface area (Å²) in [7, 11) is 1.81. The van der Waals surface area contributed by atoms with Crippen LogP contribution in [0.4, 0.5) is 0 Å². The summed E-state index contributed by atoms with van der Waals surface area (Å²) < 4.78 is 5.78. The molecule has 26 heavy (non-hydrogen) atoms. The third-order valence-corrected chi connectivity index (χ3v) is 4.12. The fourth-order valence-corrected chi connectivity index (χ4v) is 2.69. The van der Waals surface area contributed by atoms with Crippen LogP contribution in [0.25, 0.3) is 0 Å². The van der Waals surface area contributed by atoms with E-state index in [4.69, 9.17) is 4.74 Å². The lowest BCUT2D eigenvalue weighted by atomic mass is 10.4. The molecule has 5 nitrogen and oxygen atoms in total. The maximum atomic E-state index is 11.9. The Kier molecular flexibility index (Phi) is 10.5. The van der Waals surface area contributed by atoms with Crippen LogP contribution in [-0.4, -0.2) is 19.2 Å². The molecular formula is C20H27N3O2S. The molecule has 0 saturated heterocycles. The van der Waals surface area contributed by atoms with Crippen LogP contribution in [-0.2, 0) is 11.3 Å². The van der Waals surface area contributed by atoms with Crippen LogP contribution < -0.4 is 15.4 Å². The zero-order chi connectivity index (χ0) is 19.2. The summed E-state index contributed by atoms with van der Waals surface area (Å²) in [6.45, 7) is 8.06. The molecule has 1 heterocycles. The van der Waals surface area contributed by atoms with Crippen molar-refractivity contribution in [1.82, 2.24) is 10.6 Å². The van der Waals surface area contributed by atoms with Gasteiger partial charge in [0.05, 0.1) is 13.0 Å². The topological polar surface area (TPSA) is 62.7 Å². The fraction of sp³-hybridized carbons (Fsp3) is 0.300. The predicted octanol–water partition coefficient (Wildman–Crippen LogP) is 4.32. The lowest BCUT2D eigenvalue weighted by Gasteiger charge is -2.03. The first-order valence-electron chi connectivity index (χ1n) is 8.52. The van der Waals surface area contributed by atoms with Gasteiger partial charge in [-0.1, -0.05) is 25.7 Å². The molecule has 0 fully saturated rings. The van der Waals surface area contributed by atoms with Crippen molar-refractivity contribution in [2.45, 2.75) is 33.2 Å². The molecule has 0 bridgehead atoms. The van der Waals surface area contributed by atoms with Crippen molar-refractivity contribution in [3.05, 3.63) is 65.5 Å². The Bertz CT molecular complexity index is 700. The van der Waals surface area contributed by atoms with Crippen molar-refractivity contribution < 1.29 is 9.53 Å². The summed E-state index contributed by atoms with van der Waals surface area (Å²) in [6.07, 6.45) is 12.0. The van der Waals surface area contributed by atoms with E-state index < -0.39 is 0 Å². The number of nitrogens with one attached hydrogen (secondary N) is 2. The zero-order valence-electron chi connectivity index (χ0n) is 15.6. The van der Waals surface area contributed by atoms with Gasteiger partial charge in [-0.25, -0.2) is 4.99 Å². The molecular weight excluding hydrogens is 346 g/mol. The Labute approximate surface area is 159 Å². The Morgan fingerprint density at radius 3 is 2.88 bits per heavy atom. The molecule has 0 aliphatic carbocycles. The summed E-state index contributed by atoms with van der Waals surface area (Å²) in [6, 6.07) is 3.84. The van der Waals surface area contributed by atoms with E-state index in [-0.39, 0.29) is 12.3 Å². The van der Waals surface area contributed by atoms with Gasteiger partial charge < -0.3 is 15.4 Å². The highest BCUT2D eigenvalue weighted by Crippen LogP contribution is 2.26. The van der Waals surface area contributed by atoms with Gasteiger partial charge in [0, 0.05) is 18.1 Å². The van der Waals surface area contributed by atoms with E-state index in [1.165, 1.54) is 11.3 Å². The van der Waals surface area contributed by atoms with Crippen LogP contribution in [0.15, 0.2) is 65.7 Å². The van der Waals surface area contributed by atoms with E-state index in [1.54, 1.807) is 12.3 Å². The highest BCUT2D eigenvalue weighted by atomic mass is 32.1.